The second kappa shape index (κ2) is 4.88. The largest absolute Gasteiger partial charge is 0.294 e. The van der Waals surface area contributed by atoms with Crippen LogP contribution in [0.2, 0.25) is 0 Å². The lowest BCUT2D eigenvalue weighted by Crippen LogP contribution is -2.33. The normalized spacial score (nSPS) is 11.6. The third-order valence-corrected chi connectivity index (χ3v) is 2.52. The van der Waals surface area contributed by atoms with Gasteiger partial charge in [0, 0.05) is 11.1 Å². The van der Waals surface area contributed by atoms with Crippen LogP contribution in [0.3, 0.4) is 0 Å². The number of carbonyl (C=O) groups is 2. The summed E-state index contributed by atoms with van der Waals surface area (Å²) in [6.07, 6.45) is 2.75. The van der Waals surface area contributed by atoms with E-state index in [1.54, 1.807) is 12.1 Å². The summed E-state index contributed by atoms with van der Waals surface area (Å²) in [6, 6.07) is 3.38. The van der Waals surface area contributed by atoms with Crippen molar-refractivity contribution >= 4 is 24.2 Å². The summed E-state index contributed by atoms with van der Waals surface area (Å²) in [5, 5.41) is 1.45. The molecule has 2 heteroatoms. The number of hydrogen-bond donors (Lipinski definition) is 0. The fourth-order valence-electron chi connectivity index (χ4n) is 1.74. The Bertz CT molecular complexity index is 539. The van der Waals surface area contributed by atoms with Crippen molar-refractivity contribution in [2.75, 3.05) is 0 Å². The summed E-state index contributed by atoms with van der Waals surface area (Å²) in [5.74, 6) is -0.0226. The van der Waals surface area contributed by atoms with Crippen molar-refractivity contribution in [1.82, 2.24) is 0 Å². The van der Waals surface area contributed by atoms with E-state index in [9.17, 15) is 9.59 Å². The maximum Gasteiger partial charge on any atom is 0.160 e. The molecule has 1 aromatic rings. The van der Waals surface area contributed by atoms with Crippen molar-refractivity contribution in [3.8, 4) is 0 Å². The van der Waals surface area contributed by atoms with Gasteiger partial charge in [0.25, 0.3) is 0 Å². The van der Waals surface area contributed by atoms with E-state index in [2.05, 4.69) is 6.58 Å². The van der Waals surface area contributed by atoms with Gasteiger partial charge in [-0.25, -0.2) is 0 Å². The standard InChI is InChI=1S/C14H16O2/c1-5-6-13-9(2)12(10(3)15)7-8-14(13)11(4)16/h6-8H,2,5H2,1,3-4H3/b13-6-. The topological polar surface area (TPSA) is 34.1 Å². The van der Waals surface area contributed by atoms with Crippen LogP contribution in [0.4, 0.5) is 0 Å². The van der Waals surface area contributed by atoms with E-state index >= 15 is 0 Å². The van der Waals surface area contributed by atoms with Gasteiger partial charge in [-0.05, 0) is 30.7 Å². The van der Waals surface area contributed by atoms with Crippen LogP contribution in [0.1, 0.15) is 47.9 Å². The average Bonchev–Trinajstić information content (AvgIpc) is 2.20. The third kappa shape index (κ3) is 2.27. The van der Waals surface area contributed by atoms with E-state index in [0.29, 0.717) is 16.3 Å². The molecule has 1 rings (SSSR count). The highest BCUT2D eigenvalue weighted by molar-refractivity contribution is 5.98. The van der Waals surface area contributed by atoms with Gasteiger partial charge >= 0.3 is 0 Å². The molecule has 0 heterocycles. The zero-order valence-electron chi connectivity index (χ0n) is 9.96. The maximum atomic E-state index is 11.4. The van der Waals surface area contributed by atoms with Gasteiger partial charge in [-0.2, -0.15) is 0 Å². The van der Waals surface area contributed by atoms with Crippen LogP contribution in [0, 0.1) is 0 Å². The first kappa shape index (κ1) is 12.4. The van der Waals surface area contributed by atoms with Crippen molar-refractivity contribution in [1.29, 1.82) is 0 Å². The molecule has 0 saturated carbocycles. The van der Waals surface area contributed by atoms with E-state index in [4.69, 9.17) is 0 Å². The number of ketones is 2. The first-order valence-electron chi connectivity index (χ1n) is 5.33. The first-order valence-corrected chi connectivity index (χ1v) is 5.33. The van der Waals surface area contributed by atoms with Gasteiger partial charge in [-0.15, -0.1) is 0 Å². The molecule has 0 spiro atoms. The average molecular weight is 216 g/mol. The van der Waals surface area contributed by atoms with Crippen LogP contribution in [0.25, 0.3) is 12.7 Å². The number of hydrogen-bond acceptors (Lipinski definition) is 2. The highest BCUT2D eigenvalue weighted by Gasteiger charge is 2.07. The number of benzene rings is 1. The molecule has 0 aromatic heterocycles. The zero-order valence-corrected chi connectivity index (χ0v) is 9.96. The van der Waals surface area contributed by atoms with Crippen molar-refractivity contribution in [3.05, 3.63) is 33.7 Å². The van der Waals surface area contributed by atoms with E-state index in [-0.39, 0.29) is 11.6 Å². The van der Waals surface area contributed by atoms with Crippen LogP contribution in [0.15, 0.2) is 12.1 Å². The molecule has 84 valence electrons. The molecule has 0 N–H and O–H groups in total. The summed E-state index contributed by atoms with van der Waals surface area (Å²) in [7, 11) is 0. The van der Waals surface area contributed by atoms with Gasteiger partial charge in [0.1, 0.15) is 0 Å². The van der Waals surface area contributed by atoms with Gasteiger partial charge in [0.05, 0.1) is 0 Å². The summed E-state index contributed by atoms with van der Waals surface area (Å²) < 4.78 is 0. The van der Waals surface area contributed by atoms with Crippen LogP contribution >= 0.6 is 0 Å². The molecule has 0 fully saturated rings. The Morgan fingerprint density at radius 3 is 2.12 bits per heavy atom. The van der Waals surface area contributed by atoms with Crippen molar-refractivity contribution < 1.29 is 9.59 Å². The fraction of sp³-hybridized carbons (Fsp3) is 0.286. The number of rotatable bonds is 3. The Kier molecular flexibility index (Phi) is 3.78. The molecule has 2 nitrogen and oxygen atoms in total. The number of carbonyl (C=O) groups excluding carboxylic acids is 2. The monoisotopic (exact) mass is 216 g/mol. The van der Waals surface area contributed by atoms with Crippen LogP contribution in [-0.4, -0.2) is 11.6 Å². The van der Waals surface area contributed by atoms with Crippen LogP contribution in [-0.2, 0) is 0 Å². The molecule has 16 heavy (non-hydrogen) atoms. The summed E-state index contributed by atoms with van der Waals surface area (Å²) in [5.41, 5.74) is 1.22. The Morgan fingerprint density at radius 2 is 1.69 bits per heavy atom. The molecule has 0 aliphatic rings. The lowest BCUT2D eigenvalue weighted by molar-refractivity contribution is 0.1000. The molecule has 1 aromatic carbocycles. The minimum atomic E-state index is -0.0224. The van der Waals surface area contributed by atoms with Crippen molar-refractivity contribution in [3.63, 3.8) is 0 Å². The van der Waals surface area contributed by atoms with E-state index in [1.807, 2.05) is 13.0 Å². The molecule has 0 bridgehead atoms. The Balaban J connectivity index is 3.69. The molecule has 0 unspecified atom stereocenters. The second-order valence-electron chi connectivity index (χ2n) is 3.78. The second-order valence-corrected chi connectivity index (χ2v) is 3.78. The fourth-order valence-corrected chi connectivity index (χ4v) is 1.74. The summed E-state index contributed by atoms with van der Waals surface area (Å²) in [4.78, 5) is 22.8. The van der Waals surface area contributed by atoms with Gasteiger partial charge < -0.3 is 0 Å². The molecular weight excluding hydrogens is 200 g/mol. The minimum Gasteiger partial charge on any atom is -0.294 e. The molecular formula is C14H16O2. The predicted octanol–water partition coefficient (Wildman–Crippen LogP) is 1.69. The highest BCUT2D eigenvalue weighted by Crippen LogP contribution is 1.97. The quantitative estimate of drug-likeness (QED) is 0.721. The lowest BCUT2D eigenvalue weighted by Gasteiger charge is -2.03. The first-order chi connectivity index (χ1) is 7.49. The van der Waals surface area contributed by atoms with Gasteiger partial charge in [-0.3, -0.25) is 9.59 Å². The third-order valence-electron chi connectivity index (χ3n) is 2.52. The lowest BCUT2D eigenvalue weighted by atomic mass is 10.0. The maximum absolute atomic E-state index is 11.4. The van der Waals surface area contributed by atoms with E-state index in [1.165, 1.54) is 13.8 Å². The Morgan fingerprint density at radius 1 is 1.19 bits per heavy atom. The van der Waals surface area contributed by atoms with Gasteiger partial charge in [-0.1, -0.05) is 31.7 Å². The van der Waals surface area contributed by atoms with E-state index in [0.717, 1.165) is 11.6 Å². The molecule has 0 radical (unpaired) electrons. The Labute approximate surface area is 95.3 Å². The van der Waals surface area contributed by atoms with E-state index < -0.39 is 0 Å². The molecule has 0 amide bonds. The minimum absolute atomic E-state index is 0.000276. The summed E-state index contributed by atoms with van der Waals surface area (Å²) >= 11 is 0. The van der Waals surface area contributed by atoms with Gasteiger partial charge in [0.15, 0.2) is 11.6 Å². The predicted molar refractivity (Wildman–Crippen MR) is 66.0 cm³/mol. The van der Waals surface area contributed by atoms with Crippen molar-refractivity contribution in [2.24, 2.45) is 0 Å². The molecule has 0 saturated heterocycles. The summed E-state index contributed by atoms with van der Waals surface area (Å²) in [6.45, 7) is 8.92. The molecule has 0 atom stereocenters. The number of Topliss-reactive ketones (excluding diaryl/α,β-unsaturated/α-hetero) is 2. The van der Waals surface area contributed by atoms with Crippen molar-refractivity contribution in [2.45, 2.75) is 27.2 Å². The van der Waals surface area contributed by atoms with Crippen LogP contribution < -0.4 is 10.4 Å². The highest BCUT2D eigenvalue weighted by atomic mass is 16.1. The molecule has 0 aliphatic carbocycles. The Hall–Kier alpha value is -1.70. The molecule has 0 aliphatic heterocycles. The zero-order chi connectivity index (χ0) is 12.3. The van der Waals surface area contributed by atoms with Crippen LogP contribution in [0.5, 0.6) is 0 Å². The van der Waals surface area contributed by atoms with Gasteiger partial charge in [0.2, 0.25) is 0 Å². The smallest absolute Gasteiger partial charge is 0.160 e. The SMILES string of the molecule is C=c1c(C(C)=O)ccc(C(C)=O)/c1=C\CC.